The molecule has 1 aromatic rings. The van der Waals surface area contributed by atoms with Crippen LogP contribution in [0.2, 0.25) is 5.02 Å². The predicted octanol–water partition coefficient (Wildman–Crippen LogP) is 3.65. The van der Waals surface area contributed by atoms with Gasteiger partial charge in [0.2, 0.25) is 0 Å². The first-order valence-corrected chi connectivity index (χ1v) is 6.13. The fourth-order valence-electron chi connectivity index (χ4n) is 1.93. The predicted molar refractivity (Wildman–Crippen MR) is 70.4 cm³/mol. The topological polar surface area (TPSA) is 26.3 Å². The third kappa shape index (κ3) is 3.79. The first-order valence-electron chi connectivity index (χ1n) is 5.75. The number of benzene rings is 1. The Kier molecular flexibility index (Phi) is 4.88. The van der Waals surface area contributed by atoms with Crippen molar-refractivity contribution in [1.82, 2.24) is 0 Å². The number of Topliss-reactive ketones (excluding diaryl/α,β-unsaturated/α-hetero) is 1. The van der Waals surface area contributed by atoms with Crippen LogP contribution in [0.3, 0.4) is 0 Å². The number of methoxy groups -OCH3 is 1. The summed E-state index contributed by atoms with van der Waals surface area (Å²) in [4.78, 5) is 12.1. The van der Waals surface area contributed by atoms with E-state index in [9.17, 15) is 9.18 Å². The molecule has 1 aromatic carbocycles. The highest BCUT2D eigenvalue weighted by Gasteiger charge is 2.31. The molecule has 0 amide bonds. The van der Waals surface area contributed by atoms with E-state index in [0.29, 0.717) is 10.6 Å². The summed E-state index contributed by atoms with van der Waals surface area (Å²) < 4.78 is 18.8. The van der Waals surface area contributed by atoms with E-state index >= 15 is 0 Å². The zero-order valence-electron chi connectivity index (χ0n) is 11.1. The standard InChI is InChI=1S/C14H18ClFO2/c1-14(2,3)13(18-4)12(17)8-9-7-10(15)5-6-11(9)16/h5-7,13H,8H2,1-4H3. The minimum absolute atomic E-state index is 0.0117. The molecule has 18 heavy (non-hydrogen) atoms. The zero-order valence-corrected chi connectivity index (χ0v) is 11.8. The van der Waals surface area contributed by atoms with E-state index in [4.69, 9.17) is 16.3 Å². The molecular formula is C14H18ClFO2. The molecule has 1 unspecified atom stereocenters. The molecule has 0 aliphatic rings. The second-order valence-corrected chi connectivity index (χ2v) is 5.80. The smallest absolute Gasteiger partial charge is 0.166 e. The fourth-order valence-corrected chi connectivity index (χ4v) is 2.12. The molecule has 0 saturated carbocycles. The van der Waals surface area contributed by atoms with Crippen molar-refractivity contribution >= 4 is 17.4 Å². The number of rotatable bonds is 4. The first kappa shape index (κ1) is 15.1. The van der Waals surface area contributed by atoms with E-state index in [1.54, 1.807) is 0 Å². The Balaban J connectivity index is 2.90. The summed E-state index contributed by atoms with van der Waals surface area (Å²) in [6.07, 6.45) is -0.571. The highest BCUT2D eigenvalue weighted by molar-refractivity contribution is 6.30. The van der Waals surface area contributed by atoms with Crippen molar-refractivity contribution in [2.75, 3.05) is 7.11 Å². The van der Waals surface area contributed by atoms with E-state index in [2.05, 4.69) is 0 Å². The van der Waals surface area contributed by atoms with Crippen molar-refractivity contribution < 1.29 is 13.9 Å². The van der Waals surface area contributed by atoms with E-state index in [1.807, 2.05) is 20.8 Å². The Morgan fingerprint density at radius 2 is 2.06 bits per heavy atom. The molecule has 1 atom stereocenters. The lowest BCUT2D eigenvalue weighted by Gasteiger charge is -2.28. The van der Waals surface area contributed by atoms with Crippen LogP contribution < -0.4 is 0 Å². The molecule has 0 heterocycles. The van der Waals surface area contributed by atoms with Gasteiger partial charge in [-0.25, -0.2) is 4.39 Å². The third-order valence-electron chi connectivity index (χ3n) is 2.69. The summed E-state index contributed by atoms with van der Waals surface area (Å²) in [5, 5.41) is 0.420. The van der Waals surface area contributed by atoms with Crippen LogP contribution in [0.4, 0.5) is 4.39 Å². The number of ether oxygens (including phenoxy) is 1. The average Bonchev–Trinajstić information content (AvgIpc) is 2.22. The van der Waals surface area contributed by atoms with Crippen molar-refractivity contribution in [2.24, 2.45) is 5.41 Å². The lowest BCUT2D eigenvalue weighted by atomic mass is 9.84. The molecule has 0 N–H and O–H groups in total. The highest BCUT2D eigenvalue weighted by Crippen LogP contribution is 2.24. The molecule has 0 aliphatic carbocycles. The number of ketones is 1. The van der Waals surface area contributed by atoms with Crippen LogP contribution in [-0.4, -0.2) is 19.0 Å². The molecule has 0 bridgehead atoms. The summed E-state index contributed by atoms with van der Waals surface area (Å²) in [6, 6.07) is 4.20. The summed E-state index contributed by atoms with van der Waals surface area (Å²) in [5.41, 5.74) is -0.0141. The number of halogens is 2. The molecule has 0 fully saturated rings. The van der Waals surface area contributed by atoms with Gasteiger partial charge in [-0.05, 0) is 29.2 Å². The molecule has 0 aliphatic heterocycles. The van der Waals surface area contributed by atoms with E-state index < -0.39 is 11.9 Å². The zero-order chi connectivity index (χ0) is 13.9. The molecule has 0 saturated heterocycles. The van der Waals surface area contributed by atoms with Gasteiger partial charge in [-0.3, -0.25) is 4.79 Å². The van der Waals surface area contributed by atoms with Crippen LogP contribution in [0.25, 0.3) is 0 Å². The first-order chi connectivity index (χ1) is 8.25. The van der Waals surface area contributed by atoms with Gasteiger partial charge < -0.3 is 4.74 Å². The van der Waals surface area contributed by atoms with Crippen molar-refractivity contribution in [3.8, 4) is 0 Å². The van der Waals surface area contributed by atoms with Crippen LogP contribution in [0.15, 0.2) is 18.2 Å². The van der Waals surface area contributed by atoms with Gasteiger partial charge in [-0.15, -0.1) is 0 Å². The Hall–Kier alpha value is -0.930. The largest absolute Gasteiger partial charge is 0.373 e. The van der Waals surface area contributed by atoms with Gasteiger partial charge in [0.1, 0.15) is 11.9 Å². The lowest BCUT2D eigenvalue weighted by molar-refractivity contribution is -0.134. The van der Waals surface area contributed by atoms with Crippen LogP contribution >= 0.6 is 11.6 Å². The van der Waals surface area contributed by atoms with Gasteiger partial charge in [0.05, 0.1) is 0 Å². The Labute approximate surface area is 112 Å². The number of hydrogen-bond donors (Lipinski definition) is 0. The highest BCUT2D eigenvalue weighted by atomic mass is 35.5. The van der Waals surface area contributed by atoms with Crippen LogP contribution in [0, 0.1) is 11.2 Å². The molecule has 0 spiro atoms. The van der Waals surface area contributed by atoms with E-state index in [-0.39, 0.29) is 17.6 Å². The molecule has 0 radical (unpaired) electrons. The second kappa shape index (κ2) is 5.81. The van der Waals surface area contributed by atoms with Gasteiger partial charge in [0.15, 0.2) is 5.78 Å². The molecule has 1 rings (SSSR count). The minimum Gasteiger partial charge on any atom is -0.373 e. The molecular weight excluding hydrogens is 255 g/mol. The van der Waals surface area contributed by atoms with E-state index in [0.717, 1.165) is 0 Å². The van der Waals surface area contributed by atoms with Crippen molar-refractivity contribution in [2.45, 2.75) is 33.3 Å². The minimum atomic E-state index is -0.559. The maximum absolute atomic E-state index is 13.5. The fraction of sp³-hybridized carbons (Fsp3) is 0.500. The summed E-state index contributed by atoms with van der Waals surface area (Å²) in [6.45, 7) is 5.73. The quantitative estimate of drug-likeness (QED) is 0.836. The Morgan fingerprint density at radius 1 is 1.44 bits per heavy atom. The Bertz CT molecular complexity index is 438. The van der Waals surface area contributed by atoms with Crippen LogP contribution in [0.5, 0.6) is 0 Å². The van der Waals surface area contributed by atoms with Gasteiger partial charge >= 0.3 is 0 Å². The van der Waals surface area contributed by atoms with Crippen molar-refractivity contribution in [3.05, 3.63) is 34.6 Å². The number of carbonyl (C=O) groups excluding carboxylic acids is 1. The van der Waals surface area contributed by atoms with Gasteiger partial charge in [-0.1, -0.05) is 32.4 Å². The SMILES string of the molecule is COC(C(=O)Cc1cc(Cl)ccc1F)C(C)(C)C. The molecule has 0 aromatic heterocycles. The number of carbonyl (C=O) groups is 1. The number of hydrogen-bond acceptors (Lipinski definition) is 2. The second-order valence-electron chi connectivity index (χ2n) is 5.36. The van der Waals surface area contributed by atoms with Crippen LogP contribution in [0.1, 0.15) is 26.3 Å². The van der Waals surface area contributed by atoms with Gasteiger partial charge in [-0.2, -0.15) is 0 Å². The summed E-state index contributed by atoms with van der Waals surface area (Å²) in [7, 11) is 1.49. The molecule has 4 heteroatoms. The normalized spacial score (nSPS) is 13.4. The maximum atomic E-state index is 13.5. The lowest BCUT2D eigenvalue weighted by Crippen LogP contribution is -2.37. The molecule has 100 valence electrons. The Morgan fingerprint density at radius 3 is 2.56 bits per heavy atom. The van der Waals surface area contributed by atoms with Gasteiger partial charge in [0, 0.05) is 18.6 Å². The molecule has 2 nitrogen and oxygen atoms in total. The average molecular weight is 273 g/mol. The monoisotopic (exact) mass is 272 g/mol. The van der Waals surface area contributed by atoms with E-state index in [1.165, 1.54) is 25.3 Å². The third-order valence-corrected chi connectivity index (χ3v) is 2.92. The summed E-state index contributed by atoms with van der Waals surface area (Å²) in [5.74, 6) is -0.567. The maximum Gasteiger partial charge on any atom is 0.166 e. The van der Waals surface area contributed by atoms with Crippen LogP contribution in [-0.2, 0) is 16.0 Å². The van der Waals surface area contributed by atoms with Crippen molar-refractivity contribution in [3.63, 3.8) is 0 Å². The summed E-state index contributed by atoms with van der Waals surface area (Å²) >= 11 is 5.79. The van der Waals surface area contributed by atoms with Gasteiger partial charge in [0.25, 0.3) is 0 Å². The van der Waals surface area contributed by atoms with Crippen molar-refractivity contribution in [1.29, 1.82) is 0 Å².